The van der Waals surface area contributed by atoms with E-state index in [1.165, 1.54) is 19.2 Å². The van der Waals surface area contributed by atoms with Crippen LogP contribution >= 0.6 is 11.3 Å². The van der Waals surface area contributed by atoms with E-state index in [0.717, 1.165) is 16.0 Å². The van der Waals surface area contributed by atoms with Gasteiger partial charge in [0.2, 0.25) is 0 Å². The first-order valence-electron chi connectivity index (χ1n) is 5.57. The lowest BCUT2D eigenvalue weighted by molar-refractivity contribution is 0.0703. The van der Waals surface area contributed by atoms with Crippen molar-refractivity contribution >= 4 is 28.9 Å². The minimum Gasteiger partial charge on any atom is -0.477 e. The van der Waals surface area contributed by atoms with Crippen molar-refractivity contribution < 1.29 is 14.7 Å². The number of aryl methyl sites for hydroxylation is 2. The number of carboxylic acids is 1. The summed E-state index contributed by atoms with van der Waals surface area (Å²) < 4.78 is 1.04. The molecule has 0 saturated heterocycles. The fourth-order valence-corrected chi connectivity index (χ4v) is 2.40. The van der Waals surface area contributed by atoms with E-state index in [1.807, 2.05) is 0 Å². The number of aromatic nitrogens is 2. The molecule has 1 amide bonds. The first-order chi connectivity index (χ1) is 9.40. The van der Waals surface area contributed by atoms with Crippen LogP contribution in [0.15, 0.2) is 22.3 Å². The molecule has 2 aromatic heterocycles. The minimum absolute atomic E-state index is 0.0361. The number of hydrogen-bond acceptors (Lipinski definition) is 5. The lowest BCUT2D eigenvalue weighted by Gasteiger charge is -2.06. The van der Waals surface area contributed by atoms with Crippen LogP contribution in [0.4, 0.5) is 5.69 Å². The fraction of sp³-hybridized carbons (Fsp3) is 0.167. The number of aromatic carboxylic acids is 1. The zero-order chi connectivity index (χ0) is 14.9. The summed E-state index contributed by atoms with van der Waals surface area (Å²) in [5, 5.41) is 17.0. The third kappa shape index (κ3) is 2.59. The number of hydrogen-bond donors (Lipinski definition) is 2. The summed E-state index contributed by atoms with van der Waals surface area (Å²) in [7, 11) is 1.43. The van der Waals surface area contributed by atoms with E-state index in [-0.39, 0.29) is 21.8 Å². The number of thiophene rings is 1. The predicted octanol–water partition coefficient (Wildman–Crippen LogP) is 1.10. The largest absolute Gasteiger partial charge is 0.477 e. The summed E-state index contributed by atoms with van der Waals surface area (Å²) in [6, 6.07) is 2.51. The molecule has 0 saturated carbocycles. The maximum absolute atomic E-state index is 12.0. The molecule has 0 radical (unpaired) electrons. The molecule has 104 valence electrons. The molecule has 8 heteroatoms. The standard InChI is InChI=1S/C12H11N3O4S/c1-6-5-20-10(12(18)19)9(6)13-11(17)7-3-4-8(16)15(2)14-7/h3-5H,1-2H3,(H,13,17)(H,18,19). The molecule has 0 aliphatic carbocycles. The highest BCUT2D eigenvalue weighted by Crippen LogP contribution is 2.27. The molecule has 20 heavy (non-hydrogen) atoms. The summed E-state index contributed by atoms with van der Waals surface area (Å²) in [6.07, 6.45) is 0. The average molecular weight is 293 g/mol. The van der Waals surface area contributed by atoms with Crippen LogP contribution < -0.4 is 10.9 Å². The first-order valence-corrected chi connectivity index (χ1v) is 6.45. The van der Waals surface area contributed by atoms with E-state index < -0.39 is 11.9 Å². The molecular formula is C12H11N3O4S. The van der Waals surface area contributed by atoms with Gasteiger partial charge in [-0.1, -0.05) is 0 Å². The molecule has 2 rings (SSSR count). The van der Waals surface area contributed by atoms with Crippen molar-refractivity contribution in [1.82, 2.24) is 9.78 Å². The summed E-state index contributed by atoms with van der Waals surface area (Å²) in [4.78, 5) is 34.3. The second kappa shape index (κ2) is 5.25. The Morgan fingerprint density at radius 1 is 1.40 bits per heavy atom. The monoisotopic (exact) mass is 293 g/mol. The number of carboxylic acid groups (broad SMARTS) is 1. The Morgan fingerprint density at radius 2 is 2.10 bits per heavy atom. The van der Waals surface area contributed by atoms with Gasteiger partial charge in [-0.15, -0.1) is 11.3 Å². The highest BCUT2D eigenvalue weighted by atomic mass is 32.1. The molecule has 0 fully saturated rings. The van der Waals surface area contributed by atoms with Crippen molar-refractivity contribution in [3.05, 3.63) is 44.0 Å². The van der Waals surface area contributed by atoms with Gasteiger partial charge in [-0.2, -0.15) is 5.10 Å². The van der Waals surface area contributed by atoms with E-state index in [2.05, 4.69) is 10.4 Å². The normalized spacial score (nSPS) is 10.3. The molecule has 0 bridgehead atoms. The Labute approximate surface area is 117 Å². The first kappa shape index (κ1) is 13.9. The zero-order valence-corrected chi connectivity index (χ0v) is 11.5. The van der Waals surface area contributed by atoms with Crippen LogP contribution in [0.5, 0.6) is 0 Å². The maximum Gasteiger partial charge on any atom is 0.348 e. The Kier molecular flexibility index (Phi) is 3.66. The number of carbonyl (C=O) groups is 2. The van der Waals surface area contributed by atoms with Crippen molar-refractivity contribution in [3.8, 4) is 0 Å². The highest BCUT2D eigenvalue weighted by molar-refractivity contribution is 7.12. The molecule has 2 heterocycles. The minimum atomic E-state index is -1.10. The van der Waals surface area contributed by atoms with Gasteiger partial charge in [-0.25, -0.2) is 9.48 Å². The van der Waals surface area contributed by atoms with Gasteiger partial charge in [0.05, 0.1) is 5.69 Å². The molecule has 0 spiro atoms. The van der Waals surface area contributed by atoms with E-state index in [1.54, 1.807) is 12.3 Å². The summed E-state index contributed by atoms with van der Waals surface area (Å²) in [5.41, 5.74) is 0.613. The van der Waals surface area contributed by atoms with E-state index >= 15 is 0 Å². The average Bonchev–Trinajstić information content (AvgIpc) is 2.74. The molecule has 0 aromatic carbocycles. The van der Waals surface area contributed by atoms with Crippen LogP contribution in [0.25, 0.3) is 0 Å². The van der Waals surface area contributed by atoms with Crippen molar-refractivity contribution in [2.45, 2.75) is 6.92 Å². The SMILES string of the molecule is Cc1csc(C(=O)O)c1NC(=O)c1ccc(=O)n(C)n1. The lowest BCUT2D eigenvalue weighted by atomic mass is 10.2. The lowest BCUT2D eigenvalue weighted by Crippen LogP contribution is -2.24. The molecule has 2 aromatic rings. The summed E-state index contributed by atoms with van der Waals surface area (Å²) in [5.74, 6) is -1.67. The van der Waals surface area contributed by atoms with Gasteiger partial charge in [0.25, 0.3) is 11.5 Å². The third-order valence-corrected chi connectivity index (χ3v) is 3.69. The van der Waals surface area contributed by atoms with Crippen molar-refractivity contribution in [1.29, 1.82) is 0 Å². The Morgan fingerprint density at radius 3 is 2.70 bits per heavy atom. The molecule has 0 unspecified atom stereocenters. The predicted molar refractivity (Wildman–Crippen MR) is 73.4 cm³/mol. The Bertz CT molecular complexity index is 747. The number of carbonyl (C=O) groups excluding carboxylic acids is 1. The zero-order valence-electron chi connectivity index (χ0n) is 10.7. The topological polar surface area (TPSA) is 101 Å². The van der Waals surface area contributed by atoms with Crippen LogP contribution in [0.2, 0.25) is 0 Å². The molecule has 7 nitrogen and oxygen atoms in total. The summed E-state index contributed by atoms with van der Waals surface area (Å²) in [6.45, 7) is 1.70. The van der Waals surface area contributed by atoms with Crippen LogP contribution in [0.3, 0.4) is 0 Å². The maximum atomic E-state index is 12.0. The third-order valence-electron chi connectivity index (χ3n) is 2.60. The molecular weight excluding hydrogens is 282 g/mol. The van der Waals surface area contributed by atoms with Gasteiger partial charge < -0.3 is 10.4 Å². The Hall–Kier alpha value is -2.48. The summed E-state index contributed by atoms with van der Waals surface area (Å²) >= 11 is 1.04. The number of rotatable bonds is 3. The highest BCUT2D eigenvalue weighted by Gasteiger charge is 2.18. The number of anilines is 1. The van der Waals surface area contributed by atoms with E-state index in [0.29, 0.717) is 5.56 Å². The Balaban J connectivity index is 2.32. The smallest absolute Gasteiger partial charge is 0.348 e. The van der Waals surface area contributed by atoms with Crippen LogP contribution in [-0.4, -0.2) is 26.8 Å². The molecule has 0 aliphatic rings. The van der Waals surface area contributed by atoms with Crippen molar-refractivity contribution in [2.24, 2.45) is 7.05 Å². The second-order valence-electron chi connectivity index (χ2n) is 4.06. The second-order valence-corrected chi connectivity index (χ2v) is 4.94. The van der Waals surface area contributed by atoms with Gasteiger partial charge in [0.15, 0.2) is 0 Å². The number of nitrogens with zero attached hydrogens (tertiary/aromatic N) is 2. The van der Waals surface area contributed by atoms with Gasteiger partial charge in [0, 0.05) is 13.1 Å². The van der Waals surface area contributed by atoms with Crippen molar-refractivity contribution in [3.63, 3.8) is 0 Å². The van der Waals surface area contributed by atoms with Gasteiger partial charge >= 0.3 is 5.97 Å². The van der Waals surface area contributed by atoms with E-state index in [4.69, 9.17) is 5.11 Å². The van der Waals surface area contributed by atoms with Gasteiger partial charge in [-0.3, -0.25) is 9.59 Å². The molecule has 0 aliphatic heterocycles. The number of amides is 1. The van der Waals surface area contributed by atoms with E-state index in [9.17, 15) is 14.4 Å². The van der Waals surface area contributed by atoms with Crippen molar-refractivity contribution in [2.75, 3.05) is 5.32 Å². The van der Waals surface area contributed by atoms with Crippen LogP contribution in [0.1, 0.15) is 25.7 Å². The van der Waals surface area contributed by atoms with Gasteiger partial charge in [0.1, 0.15) is 10.6 Å². The molecule has 0 atom stereocenters. The van der Waals surface area contributed by atoms with Crippen LogP contribution in [0, 0.1) is 6.92 Å². The number of nitrogens with one attached hydrogen (secondary N) is 1. The fourth-order valence-electron chi connectivity index (χ4n) is 1.56. The quantitative estimate of drug-likeness (QED) is 0.882. The van der Waals surface area contributed by atoms with Gasteiger partial charge in [-0.05, 0) is 23.9 Å². The van der Waals surface area contributed by atoms with Crippen LogP contribution in [-0.2, 0) is 7.05 Å². The molecule has 2 N–H and O–H groups in total.